The highest BCUT2D eigenvalue weighted by atomic mass is 32.2. The summed E-state index contributed by atoms with van der Waals surface area (Å²) in [7, 11) is 0. The zero-order valence-electron chi connectivity index (χ0n) is 14.3. The first-order chi connectivity index (χ1) is 13.3. The van der Waals surface area contributed by atoms with E-state index in [1.165, 1.54) is 43.3 Å². The lowest BCUT2D eigenvalue weighted by atomic mass is 10.1. The average molecular weight is 411 g/mol. The van der Waals surface area contributed by atoms with Crippen molar-refractivity contribution in [2.75, 3.05) is 5.32 Å². The average Bonchev–Trinajstić information content (AvgIpc) is 3.09. The van der Waals surface area contributed by atoms with Gasteiger partial charge in [0, 0.05) is 0 Å². The molecule has 3 rings (SSSR count). The van der Waals surface area contributed by atoms with Crippen LogP contribution in [0.4, 0.5) is 23.2 Å². The summed E-state index contributed by atoms with van der Waals surface area (Å²) < 4.78 is 58.2. The van der Waals surface area contributed by atoms with Crippen molar-refractivity contribution in [3.63, 3.8) is 0 Å². The van der Waals surface area contributed by atoms with Gasteiger partial charge in [-0.1, -0.05) is 36.0 Å². The van der Waals surface area contributed by atoms with Crippen molar-refractivity contribution in [2.45, 2.75) is 23.6 Å². The molecular weight excluding hydrogens is 398 g/mol. The first kappa shape index (κ1) is 19.9. The van der Waals surface area contributed by atoms with Gasteiger partial charge >= 0.3 is 6.18 Å². The van der Waals surface area contributed by atoms with Crippen molar-refractivity contribution in [1.29, 1.82) is 0 Å². The second-order valence-electron chi connectivity index (χ2n) is 5.65. The van der Waals surface area contributed by atoms with Gasteiger partial charge in [-0.3, -0.25) is 4.79 Å². The van der Waals surface area contributed by atoms with Gasteiger partial charge in [-0.15, -0.1) is 10.2 Å². The highest BCUT2D eigenvalue weighted by Gasteiger charge is 2.34. The standard InChI is InChI=1S/C18H13F4N3O2S/c1-10(15(26)23-14-9-5-3-7-12(14)18(20,21)22)28-17-25-24-16(27-17)11-6-2-4-8-13(11)19/h2-10H,1H3,(H,23,26)/t10-/m1/s1. The normalized spacial score (nSPS) is 12.6. The molecule has 2 aromatic carbocycles. The van der Waals surface area contributed by atoms with E-state index >= 15 is 0 Å². The van der Waals surface area contributed by atoms with E-state index in [4.69, 9.17) is 4.42 Å². The van der Waals surface area contributed by atoms with Gasteiger partial charge in [-0.05, 0) is 31.2 Å². The highest BCUT2D eigenvalue weighted by Crippen LogP contribution is 2.35. The summed E-state index contributed by atoms with van der Waals surface area (Å²) in [4.78, 5) is 12.3. The van der Waals surface area contributed by atoms with Crippen molar-refractivity contribution >= 4 is 23.4 Å². The van der Waals surface area contributed by atoms with E-state index in [0.29, 0.717) is 0 Å². The number of carbonyl (C=O) groups excluding carboxylic acids is 1. The van der Waals surface area contributed by atoms with Crippen LogP contribution in [0, 0.1) is 5.82 Å². The molecule has 0 unspecified atom stereocenters. The molecular formula is C18H13F4N3O2S. The fourth-order valence-electron chi connectivity index (χ4n) is 2.28. The van der Waals surface area contributed by atoms with Crippen molar-refractivity contribution in [1.82, 2.24) is 10.2 Å². The maximum atomic E-state index is 13.8. The van der Waals surface area contributed by atoms with Crippen molar-refractivity contribution in [3.05, 3.63) is 59.9 Å². The summed E-state index contributed by atoms with van der Waals surface area (Å²) in [5, 5.41) is 8.88. The van der Waals surface area contributed by atoms with Crippen LogP contribution < -0.4 is 5.32 Å². The third kappa shape index (κ3) is 4.50. The van der Waals surface area contributed by atoms with Crippen LogP contribution in [0.3, 0.4) is 0 Å². The van der Waals surface area contributed by atoms with Crippen LogP contribution in [0.5, 0.6) is 0 Å². The second kappa shape index (κ2) is 8.01. The summed E-state index contributed by atoms with van der Waals surface area (Å²) in [6.45, 7) is 1.48. The molecule has 0 aliphatic heterocycles. The number of thioether (sulfide) groups is 1. The fraction of sp³-hybridized carbons (Fsp3) is 0.167. The first-order valence-electron chi connectivity index (χ1n) is 7.98. The molecule has 5 nitrogen and oxygen atoms in total. The monoisotopic (exact) mass is 411 g/mol. The summed E-state index contributed by atoms with van der Waals surface area (Å²) in [6.07, 6.45) is -4.60. The van der Waals surface area contributed by atoms with E-state index < -0.39 is 28.7 Å². The van der Waals surface area contributed by atoms with E-state index in [9.17, 15) is 22.4 Å². The Balaban J connectivity index is 1.70. The van der Waals surface area contributed by atoms with Gasteiger partial charge in [0.25, 0.3) is 11.1 Å². The lowest BCUT2D eigenvalue weighted by molar-refractivity contribution is -0.137. The predicted octanol–water partition coefficient (Wildman–Crippen LogP) is 5.01. The number of hydrogen-bond acceptors (Lipinski definition) is 5. The third-order valence-corrected chi connectivity index (χ3v) is 4.58. The Kier molecular flexibility index (Phi) is 5.68. The van der Waals surface area contributed by atoms with Gasteiger partial charge in [0.2, 0.25) is 5.91 Å². The second-order valence-corrected chi connectivity index (χ2v) is 6.94. The molecule has 1 heterocycles. The van der Waals surface area contributed by atoms with Crippen LogP contribution in [0.15, 0.2) is 58.2 Å². The number of aromatic nitrogens is 2. The van der Waals surface area contributed by atoms with Gasteiger partial charge in [-0.2, -0.15) is 13.2 Å². The van der Waals surface area contributed by atoms with Crippen LogP contribution in [0.25, 0.3) is 11.5 Å². The molecule has 1 atom stereocenters. The number of nitrogens with zero attached hydrogens (tertiary/aromatic N) is 2. The Morgan fingerprint density at radius 2 is 1.79 bits per heavy atom. The van der Waals surface area contributed by atoms with Gasteiger partial charge in [-0.25, -0.2) is 4.39 Å². The summed E-state index contributed by atoms with van der Waals surface area (Å²) >= 11 is 0.850. The smallest absolute Gasteiger partial charge is 0.411 e. The number of hydrogen-bond donors (Lipinski definition) is 1. The molecule has 1 amide bonds. The topological polar surface area (TPSA) is 68.0 Å². The molecule has 10 heteroatoms. The first-order valence-corrected chi connectivity index (χ1v) is 8.86. The number of nitrogens with one attached hydrogen (secondary N) is 1. The van der Waals surface area contributed by atoms with Crippen LogP contribution in [0.1, 0.15) is 12.5 Å². The maximum absolute atomic E-state index is 13.8. The SMILES string of the molecule is C[C@@H](Sc1nnc(-c2ccccc2F)o1)C(=O)Nc1ccccc1C(F)(F)F. The molecule has 0 fully saturated rings. The minimum atomic E-state index is -4.60. The molecule has 146 valence electrons. The van der Waals surface area contributed by atoms with E-state index in [2.05, 4.69) is 15.5 Å². The van der Waals surface area contributed by atoms with Crippen molar-refractivity contribution in [2.24, 2.45) is 0 Å². The number of anilines is 1. The van der Waals surface area contributed by atoms with Gasteiger partial charge in [0.15, 0.2) is 0 Å². The molecule has 0 saturated heterocycles. The largest absolute Gasteiger partial charge is 0.418 e. The number of amides is 1. The Morgan fingerprint density at radius 3 is 2.50 bits per heavy atom. The molecule has 0 spiro atoms. The molecule has 28 heavy (non-hydrogen) atoms. The van der Waals surface area contributed by atoms with Gasteiger partial charge < -0.3 is 9.73 Å². The van der Waals surface area contributed by atoms with E-state index in [1.807, 2.05) is 0 Å². The highest BCUT2D eigenvalue weighted by molar-refractivity contribution is 8.00. The Hall–Kier alpha value is -2.88. The van der Waals surface area contributed by atoms with Crippen LogP contribution >= 0.6 is 11.8 Å². The van der Waals surface area contributed by atoms with Crippen LogP contribution in [0.2, 0.25) is 0 Å². The molecule has 0 saturated carbocycles. The molecule has 0 aliphatic carbocycles. The Morgan fingerprint density at radius 1 is 1.11 bits per heavy atom. The molecule has 1 N–H and O–H groups in total. The number of carbonyl (C=O) groups is 1. The van der Waals surface area contributed by atoms with Crippen LogP contribution in [-0.4, -0.2) is 21.4 Å². The minimum absolute atomic E-state index is 0.00925. The van der Waals surface area contributed by atoms with Crippen LogP contribution in [-0.2, 0) is 11.0 Å². The summed E-state index contributed by atoms with van der Waals surface area (Å²) in [5.41, 5.74) is -1.18. The lowest BCUT2D eigenvalue weighted by Crippen LogP contribution is -2.24. The maximum Gasteiger partial charge on any atom is 0.418 e. The van der Waals surface area contributed by atoms with Crippen molar-refractivity contribution in [3.8, 4) is 11.5 Å². The number of rotatable bonds is 5. The molecule has 1 aromatic heterocycles. The van der Waals surface area contributed by atoms with Gasteiger partial charge in [0.05, 0.1) is 22.1 Å². The van der Waals surface area contributed by atoms with E-state index in [-0.39, 0.29) is 22.4 Å². The van der Waals surface area contributed by atoms with E-state index in [0.717, 1.165) is 17.8 Å². The van der Waals surface area contributed by atoms with E-state index in [1.54, 1.807) is 6.07 Å². The Bertz CT molecular complexity index is 991. The number of para-hydroxylation sites is 1. The lowest BCUT2D eigenvalue weighted by Gasteiger charge is -2.15. The fourth-order valence-corrected chi connectivity index (χ4v) is 2.96. The zero-order chi connectivity index (χ0) is 20.3. The Labute approximate surface area is 161 Å². The summed E-state index contributed by atoms with van der Waals surface area (Å²) in [5.74, 6) is -1.28. The van der Waals surface area contributed by atoms with Gasteiger partial charge in [0.1, 0.15) is 5.82 Å². The zero-order valence-corrected chi connectivity index (χ0v) is 15.1. The molecule has 0 bridgehead atoms. The number of alkyl halides is 3. The minimum Gasteiger partial charge on any atom is -0.411 e. The summed E-state index contributed by atoms with van der Waals surface area (Å²) in [6, 6.07) is 10.5. The molecule has 0 radical (unpaired) electrons. The molecule has 3 aromatic rings. The molecule has 0 aliphatic rings. The number of halogens is 4. The predicted molar refractivity (Wildman–Crippen MR) is 95.1 cm³/mol. The quantitative estimate of drug-likeness (QED) is 0.472. The van der Waals surface area contributed by atoms with Crippen molar-refractivity contribution < 1.29 is 26.8 Å². The third-order valence-electron chi connectivity index (χ3n) is 3.65. The number of benzene rings is 2.